The minimum absolute atomic E-state index is 0.180. The SMILES string of the molecule is Cc1cc(C(=O)NCCN(C)C)nc(N(C)c2ccccc2)n1. The lowest BCUT2D eigenvalue weighted by molar-refractivity contribution is 0.0946. The smallest absolute Gasteiger partial charge is 0.270 e. The number of aryl methyl sites for hydroxylation is 1. The summed E-state index contributed by atoms with van der Waals surface area (Å²) in [7, 11) is 5.82. The largest absolute Gasteiger partial charge is 0.349 e. The van der Waals surface area contributed by atoms with Crippen molar-refractivity contribution in [2.24, 2.45) is 0 Å². The number of nitrogens with one attached hydrogen (secondary N) is 1. The van der Waals surface area contributed by atoms with Gasteiger partial charge in [0, 0.05) is 31.5 Å². The molecule has 2 rings (SSSR count). The van der Waals surface area contributed by atoms with Crippen molar-refractivity contribution in [1.82, 2.24) is 20.2 Å². The fourth-order valence-electron chi connectivity index (χ4n) is 2.07. The van der Waals surface area contributed by atoms with Crippen LogP contribution < -0.4 is 10.2 Å². The van der Waals surface area contributed by atoms with E-state index >= 15 is 0 Å². The lowest BCUT2D eigenvalue weighted by atomic mass is 10.3. The molecule has 0 spiro atoms. The van der Waals surface area contributed by atoms with Gasteiger partial charge in [-0.3, -0.25) is 4.79 Å². The molecule has 0 unspecified atom stereocenters. The van der Waals surface area contributed by atoms with Crippen molar-refractivity contribution in [3.05, 3.63) is 47.8 Å². The molecule has 0 saturated heterocycles. The molecule has 1 N–H and O–H groups in total. The highest BCUT2D eigenvalue weighted by Crippen LogP contribution is 2.19. The Kier molecular flexibility index (Phi) is 5.65. The minimum Gasteiger partial charge on any atom is -0.349 e. The van der Waals surface area contributed by atoms with E-state index in [1.54, 1.807) is 6.07 Å². The highest BCUT2D eigenvalue weighted by molar-refractivity contribution is 5.92. The van der Waals surface area contributed by atoms with Crippen molar-refractivity contribution in [1.29, 1.82) is 0 Å². The van der Waals surface area contributed by atoms with Crippen LogP contribution in [-0.2, 0) is 0 Å². The van der Waals surface area contributed by atoms with Crippen molar-refractivity contribution < 1.29 is 4.79 Å². The zero-order valence-electron chi connectivity index (χ0n) is 14.1. The van der Waals surface area contributed by atoms with E-state index < -0.39 is 0 Å². The van der Waals surface area contributed by atoms with E-state index in [-0.39, 0.29) is 5.91 Å². The number of hydrogen-bond acceptors (Lipinski definition) is 5. The summed E-state index contributed by atoms with van der Waals surface area (Å²) in [6.07, 6.45) is 0. The number of carbonyl (C=O) groups is 1. The maximum absolute atomic E-state index is 12.3. The molecular weight excluding hydrogens is 290 g/mol. The van der Waals surface area contributed by atoms with Gasteiger partial charge in [0.1, 0.15) is 5.69 Å². The zero-order valence-corrected chi connectivity index (χ0v) is 14.1. The quantitative estimate of drug-likeness (QED) is 0.882. The maximum atomic E-state index is 12.3. The summed E-state index contributed by atoms with van der Waals surface area (Å²) in [6, 6.07) is 11.5. The number of aromatic nitrogens is 2. The van der Waals surface area contributed by atoms with Gasteiger partial charge in [0.05, 0.1) is 0 Å². The number of amides is 1. The third-order valence-electron chi connectivity index (χ3n) is 3.36. The van der Waals surface area contributed by atoms with Crippen LogP contribution in [0.1, 0.15) is 16.2 Å². The second-order valence-corrected chi connectivity index (χ2v) is 5.65. The van der Waals surface area contributed by atoms with Crippen molar-refractivity contribution in [2.45, 2.75) is 6.92 Å². The van der Waals surface area contributed by atoms with Gasteiger partial charge in [-0.2, -0.15) is 0 Å². The molecule has 122 valence electrons. The molecule has 1 heterocycles. The number of hydrogen-bond donors (Lipinski definition) is 1. The molecule has 0 aliphatic carbocycles. The summed E-state index contributed by atoms with van der Waals surface area (Å²) in [5, 5.41) is 2.87. The second-order valence-electron chi connectivity index (χ2n) is 5.65. The predicted molar refractivity (Wildman–Crippen MR) is 92.2 cm³/mol. The molecule has 0 bridgehead atoms. The maximum Gasteiger partial charge on any atom is 0.270 e. The lowest BCUT2D eigenvalue weighted by Gasteiger charge is -2.18. The number of para-hydroxylation sites is 1. The van der Waals surface area contributed by atoms with Crippen LogP contribution in [0.4, 0.5) is 11.6 Å². The van der Waals surface area contributed by atoms with Crippen molar-refractivity contribution in [3.63, 3.8) is 0 Å². The summed E-state index contributed by atoms with van der Waals surface area (Å²) in [5.74, 6) is 0.328. The second kappa shape index (κ2) is 7.69. The van der Waals surface area contributed by atoms with Gasteiger partial charge < -0.3 is 15.1 Å². The van der Waals surface area contributed by atoms with Crippen LogP contribution in [0.2, 0.25) is 0 Å². The molecule has 0 fully saturated rings. The number of likely N-dealkylation sites (N-methyl/N-ethyl adjacent to an activating group) is 1. The average molecular weight is 313 g/mol. The van der Waals surface area contributed by atoms with E-state index in [1.807, 2.05) is 68.2 Å². The van der Waals surface area contributed by atoms with Gasteiger partial charge in [-0.25, -0.2) is 9.97 Å². The number of nitrogens with zero attached hydrogens (tertiary/aromatic N) is 4. The number of benzene rings is 1. The monoisotopic (exact) mass is 313 g/mol. The first kappa shape index (κ1) is 16.9. The van der Waals surface area contributed by atoms with Gasteiger partial charge in [-0.15, -0.1) is 0 Å². The Bertz CT molecular complexity index is 657. The highest BCUT2D eigenvalue weighted by atomic mass is 16.1. The van der Waals surface area contributed by atoms with Gasteiger partial charge in [-0.05, 0) is 39.2 Å². The molecule has 1 aromatic heterocycles. The molecule has 23 heavy (non-hydrogen) atoms. The zero-order chi connectivity index (χ0) is 16.8. The normalized spacial score (nSPS) is 10.7. The van der Waals surface area contributed by atoms with Gasteiger partial charge >= 0.3 is 0 Å². The highest BCUT2D eigenvalue weighted by Gasteiger charge is 2.13. The molecule has 0 aliphatic heterocycles. The minimum atomic E-state index is -0.180. The number of carbonyl (C=O) groups excluding carboxylic acids is 1. The molecule has 0 radical (unpaired) electrons. The Morgan fingerprint density at radius 2 is 1.83 bits per heavy atom. The third-order valence-corrected chi connectivity index (χ3v) is 3.36. The Morgan fingerprint density at radius 1 is 1.13 bits per heavy atom. The molecule has 6 heteroatoms. The standard InChI is InChI=1S/C17H23N5O/c1-13-12-15(16(23)18-10-11-21(2)3)20-17(19-13)22(4)14-8-6-5-7-9-14/h5-9,12H,10-11H2,1-4H3,(H,18,23). The van der Waals surface area contributed by atoms with Crippen LogP contribution in [0.3, 0.4) is 0 Å². The van der Waals surface area contributed by atoms with Crippen LogP contribution >= 0.6 is 0 Å². The predicted octanol–water partition coefficient (Wildman–Crippen LogP) is 1.84. The molecule has 0 saturated carbocycles. The van der Waals surface area contributed by atoms with Crippen molar-refractivity contribution >= 4 is 17.5 Å². The first-order valence-corrected chi connectivity index (χ1v) is 7.55. The Labute approximate surface area is 137 Å². The van der Waals surface area contributed by atoms with E-state index in [1.165, 1.54) is 0 Å². The summed E-state index contributed by atoms with van der Waals surface area (Å²) < 4.78 is 0. The fourth-order valence-corrected chi connectivity index (χ4v) is 2.07. The topological polar surface area (TPSA) is 61.4 Å². The van der Waals surface area contributed by atoms with Crippen LogP contribution in [0, 0.1) is 6.92 Å². The van der Waals surface area contributed by atoms with Crippen LogP contribution in [0.25, 0.3) is 0 Å². The molecule has 1 amide bonds. The summed E-state index contributed by atoms with van der Waals surface area (Å²) in [4.78, 5) is 25.0. The van der Waals surface area contributed by atoms with Gasteiger partial charge in [0.15, 0.2) is 0 Å². The van der Waals surface area contributed by atoms with Crippen molar-refractivity contribution in [2.75, 3.05) is 39.1 Å². The molecule has 0 aliphatic rings. The van der Waals surface area contributed by atoms with Crippen LogP contribution in [-0.4, -0.2) is 55.0 Å². The van der Waals surface area contributed by atoms with E-state index in [2.05, 4.69) is 15.3 Å². The van der Waals surface area contributed by atoms with E-state index in [9.17, 15) is 4.79 Å². The Hall–Kier alpha value is -2.47. The summed E-state index contributed by atoms with van der Waals surface area (Å²) in [5.41, 5.74) is 2.11. The molecule has 6 nitrogen and oxygen atoms in total. The third kappa shape index (κ3) is 4.75. The Balaban J connectivity index is 2.17. The summed E-state index contributed by atoms with van der Waals surface area (Å²) in [6.45, 7) is 3.23. The number of rotatable bonds is 6. The van der Waals surface area contributed by atoms with Crippen molar-refractivity contribution in [3.8, 4) is 0 Å². The molecule has 2 aromatic rings. The first-order valence-electron chi connectivity index (χ1n) is 7.55. The van der Waals surface area contributed by atoms with Crippen LogP contribution in [0.15, 0.2) is 36.4 Å². The summed E-state index contributed by atoms with van der Waals surface area (Å²) >= 11 is 0. The first-order chi connectivity index (χ1) is 11.0. The van der Waals surface area contributed by atoms with Gasteiger partial charge in [-0.1, -0.05) is 18.2 Å². The number of anilines is 2. The molecular formula is C17H23N5O. The Morgan fingerprint density at radius 3 is 2.48 bits per heavy atom. The lowest BCUT2D eigenvalue weighted by Crippen LogP contribution is -2.32. The van der Waals surface area contributed by atoms with Crippen LogP contribution in [0.5, 0.6) is 0 Å². The molecule has 1 aromatic carbocycles. The fraction of sp³-hybridized carbons (Fsp3) is 0.353. The van der Waals surface area contributed by atoms with E-state index in [0.717, 1.165) is 17.9 Å². The molecule has 0 atom stereocenters. The average Bonchev–Trinajstić information content (AvgIpc) is 2.54. The van der Waals surface area contributed by atoms with E-state index in [4.69, 9.17) is 0 Å². The van der Waals surface area contributed by atoms with E-state index in [0.29, 0.717) is 18.2 Å². The van der Waals surface area contributed by atoms with Gasteiger partial charge in [0.2, 0.25) is 5.95 Å². The van der Waals surface area contributed by atoms with Gasteiger partial charge in [0.25, 0.3) is 5.91 Å².